The largest absolute Gasteiger partial charge is 0.489 e. The Labute approximate surface area is 139 Å². The van der Waals surface area contributed by atoms with Gasteiger partial charge in [0.2, 0.25) is 0 Å². The van der Waals surface area contributed by atoms with E-state index < -0.39 is 0 Å². The van der Waals surface area contributed by atoms with E-state index in [1.807, 2.05) is 43.3 Å². The maximum Gasteiger partial charge on any atom is 0.166 e. The zero-order valence-electron chi connectivity index (χ0n) is 12.7. The lowest BCUT2D eigenvalue weighted by atomic mass is 10.1. The van der Waals surface area contributed by atoms with Crippen molar-refractivity contribution in [1.29, 1.82) is 0 Å². The predicted octanol–water partition coefficient (Wildman–Crippen LogP) is 4.11. The van der Waals surface area contributed by atoms with E-state index in [4.69, 9.17) is 21.1 Å². The number of nitrogens with zero attached hydrogens (tertiary/aromatic N) is 2. The molecule has 0 saturated carbocycles. The lowest BCUT2D eigenvalue weighted by Crippen LogP contribution is -1.99. The van der Waals surface area contributed by atoms with Gasteiger partial charge in [0.05, 0.1) is 12.1 Å². The molecule has 0 spiro atoms. The highest BCUT2D eigenvalue weighted by Crippen LogP contribution is 2.42. The average molecular weight is 327 g/mol. The molecule has 2 heterocycles. The van der Waals surface area contributed by atoms with Crippen molar-refractivity contribution in [2.75, 3.05) is 6.61 Å². The first-order chi connectivity index (χ1) is 11.2. The van der Waals surface area contributed by atoms with Crippen LogP contribution in [0, 0.1) is 6.92 Å². The molecule has 2 aromatic carbocycles. The monoisotopic (exact) mass is 326 g/mol. The average Bonchev–Trinajstić information content (AvgIpc) is 3.04. The third kappa shape index (κ3) is 2.59. The van der Waals surface area contributed by atoms with E-state index in [0.29, 0.717) is 29.9 Å². The summed E-state index contributed by atoms with van der Waals surface area (Å²) in [7, 11) is 0. The van der Waals surface area contributed by atoms with E-state index in [2.05, 4.69) is 9.97 Å². The van der Waals surface area contributed by atoms with Gasteiger partial charge in [-0.3, -0.25) is 0 Å². The van der Waals surface area contributed by atoms with Crippen molar-refractivity contribution in [3.05, 3.63) is 58.5 Å². The van der Waals surface area contributed by atoms with Crippen LogP contribution in [0.1, 0.15) is 17.0 Å². The fourth-order valence-corrected chi connectivity index (χ4v) is 3.11. The summed E-state index contributed by atoms with van der Waals surface area (Å²) in [5.41, 5.74) is 3.02. The van der Waals surface area contributed by atoms with Crippen LogP contribution in [0.15, 0.2) is 36.4 Å². The van der Waals surface area contributed by atoms with E-state index in [1.54, 1.807) is 0 Å². The van der Waals surface area contributed by atoms with Crippen molar-refractivity contribution in [2.24, 2.45) is 0 Å². The zero-order chi connectivity index (χ0) is 15.8. The van der Waals surface area contributed by atoms with E-state index in [1.165, 1.54) is 0 Å². The number of aromatic nitrogens is 2. The number of rotatable bonds is 3. The smallest absolute Gasteiger partial charge is 0.166 e. The van der Waals surface area contributed by atoms with Crippen LogP contribution < -0.4 is 9.47 Å². The Morgan fingerprint density at radius 3 is 2.87 bits per heavy atom. The van der Waals surface area contributed by atoms with Gasteiger partial charge in [-0.05, 0) is 18.6 Å². The van der Waals surface area contributed by atoms with Gasteiger partial charge < -0.3 is 9.47 Å². The van der Waals surface area contributed by atoms with Crippen LogP contribution in [-0.4, -0.2) is 16.6 Å². The molecular weight excluding hydrogens is 312 g/mol. The topological polar surface area (TPSA) is 44.2 Å². The fourth-order valence-electron chi connectivity index (χ4n) is 2.85. The molecule has 0 saturated heterocycles. The Morgan fingerprint density at radius 2 is 2.04 bits per heavy atom. The van der Waals surface area contributed by atoms with Gasteiger partial charge in [-0.25, -0.2) is 9.97 Å². The summed E-state index contributed by atoms with van der Waals surface area (Å²) in [5.74, 6) is 2.14. The number of aryl methyl sites for hydroxylation is 1. The number of ether oxygens (including phenoxy) is 2. The van der Waals surface area contributed by atoms with Crippen molar-refractivity contribution >= 4 is 22.5 Å². The van der Waals surface area contributed by atoms with Crippen LogP contribution in [0.25, 0.3) is 10.9 Å². The summed E-state index contributed by atoms with van der Waals surface area (Å²) in [5, 5.41) is 1.26. The summed E-state index contributed by atoms with van der Waals surface area (Å²) in [6.45, 7) is 2.95. The van der Waals surface area contributed by atoms with Crippen LogP contribution >= 0.6 is 11.6 Å². The molecule has 3 aromatic rings. The molecule has 1 aliphatic heterocycles. The number of halogens is 1. The molecule has 116 valence electrons. The first kappa shape index (κ1) is 14.3. The predicted molar refractivity (Wildman–Crippen MR) is 89.3 cm³/mol. The second kappa shape index (κ2) is 5.70. The van der Waals surface area contributed by atoms with E-state index >= 15 is 0 Å². The fraction of sp³-hybridized carbons (Fsp3) is 0.222. The number of fused-ring (bicyclic) bond motifs is 3. The van der Waals surface area contributed by atoms with Crippen molar-refractivity contribution in [3.63, 3.8) is 0 Å². The molecule has 1 aliphatic rings. The number of benzene rings is 2. The second-order valence-electron chi connectivity index (χ2n) is 5.51. The standard InChI is InChI=1S/C18H15ClN2O2/c1-11-20-16-13-7-8-22-17(13)15(9-14(16)18(19)21-11)23-10-12-5-3-2-4-6-12/h2-6,9H,7-8,10H2,1H3. The molecule has 4 nitrogen and oxygen atoms in total. The molecule has 0 radical (unpaired) electrons. The number of hydrogen-bond donors (Lipinski definition) is 0. The van der Waals surface area contributed by atoms with Gasteiger partial charge in [-0.1, -0.05) is 41.9 Å². The Kier molecular flexibility index (Phi) is 3.54. The van der Waals surface area contributed by atoms with Gasteiger partial charge in [0.25, 0.3) is 0 Å². The van der Waals surface area contributed by atoms with Crippen molar-refractivity contribution < 1.29 is 9.47 Å². The Hall–Kier alpha value is -2.33. The van der Waals surface area contributed by atoms with E-state index in [0.717, 1.165) is 34.2 Å². The molecule has 0 unspecified atom stereocenters. The molecule has 23 heavy (non-hydrogen) atoms. The highest BCUT2D eigenvalue weighted by molar-refractivity contribution is 6.34. The summed E-state index contributed by atoms with van der Waals surface area (Å²) in [4.78, 5) is 8.78. The normalized spacial score (nSPS) is 13.0. The molecule has 0 aliphatic carbocycles. The van der Waals surface area contributed by atoms with Crippen molar-refractivity contribution in [2.45, 2.75) is 20.0 Å². The highest BCUT2D eigenvalue weighted by Gasteiger charge is 2.23. The Morgan fingerprint density at radius 1 is 1.22 bits per heavy atom. The number of hydrogen-bond acceptors (Lipinski definition) is 4. The van der Waals surface area contributed by atoms with Crippen LogP contribution in [0.4, 0.5) is 0 Å². The molecule has 0 N–H and O–H groups in total. The van der Waals surface area contributed by atoms with Gasteiger partial charge >= 0.3 is 0 Å². The van der Waals surface area contributed by atoms with Crippen molar-refractivity contribution in [1.82, 2.24) is 9.97 Å². The summed E-state index contributed by atoms with van der Waals surface area (Å²) in [6.07, 6.45) is 0.807. The van der Waals surface area contributed by atoms with Crippen LogP contribution in [0.2, 0.25) is 5.15 Å². The van der Waals surface area contributed by atoms with Crippen LogP contribution in [-0.2, 0) is 13.0 Å². The third-order valence-corrected chi connectivity index (χ3v) is 4.19. The maximum absolute atomic E-state index is 6.31. The Bertz CT molecular complexity index is 881. The van der Waals surface area contributed by atoms with Crippen LogP contribution in [0.3, 0.4) is 0 Å². The zero-order valence-corrected chi connectivity index (χ0v) is 13.4. The van der Waals surface area contributed by atoms with Gasteiger partial charge in [0.15, 0.2) is 11.5 Å². The molecular formula is C18H15ClN2O2. The van der Waals surface area contributed by atoms with Gasteiger partial charge in [-0.15, -0.1) is 0 Å². The minimum atomic E-state index is 0.451. The minimum Gasteiger partial charge on any atom is -0.489 e. The molecule has 0 bridgehead atoms. The molecule has 0 atom stereocenters. The van der Waals surface area contributed by atoms with Crippen LogP contribution in [0.5, 0.6) is 11.5 Å². The maximum atomic E-state index is 6.31. The van der Waals surface area contributed by atoms with Gasteiger partial charge in [0.1, 0.15) is 17.6 Å². The van der Waals surface area contributed by atoms with Crippen molar-refractivity contribution in [3.8, 4) is 11.5 Å². The molecule has 5 heteroatoms. The molecule has 0 fully saturated rings. The highest BCUT2D eigenvalue weighted by atomic mass is 35.5. The summed E-state index contributed by atoms with van der Waals surface area (Å²) >= 11 is 6.31. The quantitative estimate of drug-likeness (QED) is 0.679. The van der Waals surface area contributed by atoms with E-state index in [9.17, 15) is 0 Å². The SMILES string of the molecule is Cc1nc(Cl)c2cc(OCc3ccccc3)c3c(c2n1)CCO3. The third-order valence-electron chi connectivity index (χ3n) is 3.91. The lowest BCUT2D eigenvalue weighted by Gasteiger charge is -2.13. The summed E-state index contributed by atoms with van der Waals surface area (Å²) in [6, 6.07) is 11.9. The van der Waals surface area contributed by atoms with Gasteiger partial charge in [-0.2, -0.15) is 0 Å². The van der Waals surface area contributed by atoms with E-state index in [-0.39, 0.29) is 0 Å². The molecule has 0 amide bonds. The molecule has 4 rings (SSSR count). The first-order valence-corrected chi connectivity index (χ1v) is 7.89. The summed E-state index contributed by atoms with van der Waals surface area (Å²) < 4.78 is 11.8. The second-order valence-corrected chi connectivity index (χ2v) is 5.87. The van der Waals surface area contributed by atoms with Gasteiger partial charge in [0, 0.05) is 17.4 Å². The minimum absolute atomic E-state index is 0.451. The molecule has 1 aromatic heterocycles. The first-order valence-electron chi connectivity index (χ1n) is 7.51. The Balaban J connectivity index is 1.78. The lowest BCUT2D eigenvalue weighted by molar-refractivity contribution is 0.277.